The van der Waals surface area contributed by atoms with Gasteiger partial charge in [0.2, 0.25) is 0 Å². The van der Waals surface area contributed by atoms with Crippen molar-refractivity contribution in [2.45, 2.75) is 6.92 Å². The normalized spacial score (nSPS) is 14.3. The summed E-state index contributed by atoms with van der Waals surface area (Å²) in [6, 6.07) is 17.1. The van der Waals surface area contributed by atoms with Crippen molar-refractivity contribution in [3.8, 4) is 11.5 Å². The van der Waals surface area contributed by atoms with Crippen molar-refractivity contribution >= 4 is 17.4 Å². The van der Waals surface area contributed by atoms with Gasteiger partial charge in [-0.2, -0.15) is 0 Å². The van der Waals surface area contributed by atoms with Crippen LogP contribution in [0, 0.1) is 6.07 Å². The number of benzene rings is 2. The summed E-state index contributed by atoms with van der Waals surface area (Å²) in [6.07, 6.45) is 0. The van der Waals surface area contributed by atoms with E-state index < -0.39 is 0 Å². The Balaban J connectivity index is 1.85. The van der Waals surface area contributed by atoms with Gasteiger partial charge >= 0.3 is 0 Å². The van der Waals surface area contributed by atoms with Crippen molar-refractivity contribution in [2.75, 3.05) is 0 Å². The molecular weight excluding hydrogens is 266 g/mol. The van der Waals surface area contributed by atoms with Gasteiger partial charge in [-0.25, -0.2) is 0 Å². The monoisotopic (exact) mass is 278 g/mol. The Morgan fingerprint density at radius 3 is 2.10 bits per heavy atom. The molecule has 0 bridgehead atoms. The van der Waals surface area contributed by atoms with Crippen molar-refractivity contribution in [2.24, 2.45) is 0 Å². The lowest BCUT2D eigenvalue weighted by molar-refractivity contribution is -0.123. The van der Waals surface area contributed by atoms with Gasteiger partial charge in [-0.3, -0.25) is 14.9 Å². The number of imide groups is 1. The van der Waals surface area contributed by atoms with Crippen LogP contribution in [0.4, 0.5) is 0 Å². The first-order valence-corrected chi connectivity index (χ1v) is 6.46. The zero-order valence-corrected chi connectivity index (χ0v) is 11.3. The van der Waals surface area contributed by atoms with Crippen LogP contribution in [0.1, 0.15) is 12.5 Å². The molecule has 0 saturated heterocycles. The predicted octanol–water partition coefficient (Wildman–Crippen LogP) is 2.71. The van der Waals surface area contributed by atoms with E-state index in [0.29, 0.717) is 28.2 Å². The highest BCUT2D eigenvalue weighted by Gasteiger charge is 2.27. The Hall–Kier alpha value is -2.88. The molecule has 1 aliphatic heterocycles. The van der Waals surface area contributed by atoms with Gasteiger partial charge in [-0.05, 0) is 42.8 Å². The number of ether oxygens (including phenoxy) is 1. The van der Waals surface area contributed by atoms with Gasteiger partial charge < -0.3 is 4.74 Å². The standard InChI is InChI=1S/C17H12NO3/c1-11-15(17(20)18-16(11)19)12-7-9-14(10-8-12)21-13-5-3-2-4-6-13/h3-10H,1H3,(H,18,19,20). The summed E-state index contributed by atoms with van der Waals surface area (Å²) in [6.45, 7) is 1.64. The number of hydrogen-bond acceptors (Lipinski definition) is 3. The maximum Gasteiger partial charge on any atom is 0.259 e. The van der Waals surface area contributed by atoms with Crippen molar-refractivity contribution < 1.29 is 14.3 Å². The highest BCUT2D eigenvalue weighted by atomic mass is 16.5. The molecule has 0 aliphatic carbocycles. The fraction of sp³-hybridized carbons (Fsp3) is 0.0588. The molecule has 2 aromatic carbocycles. The molecule has 0 saturated carbocycles. The lowest BCUT2D eigenvalue weighted by Crippen LogP contribution is -2.22. The molecule has 0 unspecified atom stereocenters. The zero-order chi connectivity index (χ0) is 14.8. The molecule has 21 heavy (non-hydrogen) atoms. The molecule has 103 valence electrons. The fourth-order valence-corrected chi connectivity index (χ4v) is 2.16. The molecule has 0 spiro atoms. The molecule has 1 heterocycles. The summed E-state index contributed by atoms with van der Waals surface area (Å²) in [4.78, 5) is 23.2. The van der Waals surface area contributed by atoms with Crippen LogP contribution in [-0.4, -0.2) is 11.8 Å². The molecule has 4 nitrogen and oxygen atoms in total. The first kappa shape index (κ1) is 13.1. The Kier molecular flexibility index (Phi) is 3.28. The third kappa shape index (κ3) is 2.56. The van der Waals surface area contributed by atoms with E-state index >= 15 is 0 Å². The number of hydrogen-bond donors (Lipinski definition) is 1. The maximum atomic E-state index is 11.7. The highest BCUT2D eigenvalue weighted by molar-refractivity contribution is 6.35. The Bertz CT molecular complexity index is 730. The van der Waals surface area contributed by atoms with Gasteiger partial charge in [0.1, 0.15) is 11.5 Å². The van der Waals surface area contributed by atoms with Crippen LogP contribution in [0.25, 0.3) is 5.57 Å². The van der Waals surface area contributed by atoms with Crippen LogP contribution in [0.3, 0.4) is 0 Å². The SMILES string of the molecule is CC1=C(c2ccc(Oc3cc[c]cc3)cc2)C(=O)NC1=O. The van der Waals surface area contributed by atoms with Crippen LogP contribution in [0.5, 0.6) is 11.5 Å². The van der Waals surface area contributed by atoms with Gasteiger partial charge in [0.25, 0.3) is 11.8 Å². The lowest BCUT2D eigenvalue weighted by Gasteiger charge is -2.07. The fourth-order valence-electron chi connectivity index (χ4n) is 2.16. The number of amides is 2. The number of carbonyl (C=O) groups is 2. The van der Waals surface area contributed by atoms with E-state index in [-0.39, 0.29) is 11.8 Å². The topological polar surface area (TPSA) is 55.4 Å². The van der Waals surface area contributed by atoms with Crippen LogP contribution in [0.2, 0.25) is 0 Å². The van der Waals surface area contributed by atoms with Crippen LogP contribution < -0.4 is 10.1 Å². The largest absolute Gasteiger partial charge is 0.457 e. The molecule has 0 fully saturated rings. The predicted molar refractivity (Wildman–Crippen MR) is 77.5 cm³/mol. The molecule has 4 heteroatoms. The van der Waals surface area contributed by atoms with Crippen molar-refractivity contribution in [3.63, 3.8) is 0 Å². The summed E-state index contributed by atoms with van der Waals surface area (Å²) < 4.78 is 5.67. The van der Waals surface area contributed by atoms with Gasteiger partial charge in [-0.1, -0.05) is 24.3 Å². The molecule has 1 aliphatic rings. The smallest absolute Gasteiger partial charge is 0.259 e. The van der Waals surface area contributed by atoms with E-state index in [4.69, 9.17) is 4.74 Å². The van der Waals surface area contributed by atoms with Gasteiger partial charge in [0, 0.05) is 5.57 Å². The molecule has 2 aromatic rings. The average Bonchev–Trinajstić information content (AvgIpc) is 2.74. The van der Waals surface area contributed by atoms with Crippen LogP contribution >= 0.6 is 0 Å². The number of nitrogens with one attached hydrogen (secondary N) is 1. The zero-order valence-electron chi connectivity index (χ0n) is 11.3. The van der Waals surface area contributed by atoms with Gasteiger partial charge in [0.05, 0.1) is 5.57 Å². The summed E-state index contributed by atoms with van der Waals surface area (Å²) in [7, 11) is 0. The average molecular weight is 278 g/mol. The summed E-state index contributed by atoms with van der Waals surface area (Å²) in [5.74, 6) is 0.680. The second-order valence-electron chi connectivity index (χ2n) is 4.65. The molecule has 0 atom stereocenters. The molecule has 1 radical (unpaired) electrons. The van der Waals surface area contributed by atoms with Crippen molar-refractivity contribution in [3.05, 3.63) is 65.7 Å². The lowest BCUT2D eigenvalue weighted by atomic mass is 10.0. The van der Waals surface area contributed by atoms with E-state index in [2.05, 4.69) is 11.4 Å². The first-order chi connectivity index (χ1) is 10.1. The Morgan fingerprint density at radius 2 is 1.52 bits per heavy atom. The second kappa shape index (κ2) is 5.25. The minimum absolute atomic E-state index is 0.337. The van der Waals surface area contributed by atoms with Gasteiger partial charge in [-0.15, -0.1) is 0 Å². The Labute approximate surface area is 122 Å². The quantitative estimate of drug-likeness (QED) is 0.878. The molecule has 1 N–H and O–H groups in total. The van der Waals surface area contributed by atoms with Crippen molar-refractivity contribution in [1.29, 1.82) is 0 Å². The molecule has 2 amide bonds. The third-order valence-electron chi connectivity index (χ3n) is 3.24. The van der Waals surface area contributed by atoms with E-state index in [0.717, 1.165) is 0 Å². The van der Waals surface area contributed by atoms with Crippen LogP contribution in [-0.2, 0) is 9.59 Å². The van der Waals surface area contributed by atoms with Crippen LogP contribution in [0.15, 0.2) is 54.1 Å². The summed E-state index contributed by atoms with van der Waals surface area (Å²) >= 11 is 0. The third-order valence-corrected chi connectivity index (χ3v) is 3.24. The highest BCUT2D eigenvalue weighted by Crippen LogP contribution is 2.27. The first-order valence-electron chi connectivity index (χ1n) is 6.46. The summed E-state index contributed by atoms with van der Waals surface area (Å²) in [5, 5.41) is 2.28. The second-order valence-corrected chi connectivity index (χ2v) is 4.65. The number of rotatable bonds is 3. The molecular formula is C17H12NO3. The van der Waals surface area contributed by atoms with E-state index in [1.54, 1.807) is 43.3 Å². The molecule has 0 aromatic heterocycles. The van der Waals surface area contributed by atoms with E-state index in [9.17, 15) is 9.59 Å². The van der Waals surface area contributed by atoms with Gasteiger partial charge in [0.15, 0.2) is 0 Å². The molecule has 3 rings (SSSR count). The number of carbonyl (C=O) groups excluding carboxylic acids is 2. The summed E-state index contributed by atoms with van der Waals surface area (Å²) in [5.41, 5.74) is 1.55. The Morgan fingerprint density at radius 1 is 0.905 bits per heavy atom. The maximum absolute atomic E-state index is 11.7. The van der Waals surface area contributed by atoms with Crippen molar-refractivity contribution in [1.82, 2.24) is 5.32 Å². The van der Waals surface area contributed by atoms with E-state index in [1.165, 1.54) is 0 Å². The minimum Gasteiger partial charge on any atom is -0.457 e. The minimum atomic E-state index is -0.357. The van der Waals surface area contributed by atoms with E-state index in [1.807, 2.05) is 12.1 Å².